The molecule has 0 radical (unpaired) electrons. The van der Waals surface area contributed by atoms with Gasteiger partial charge in [0.15, 0.2) is 0 Å². The van der Waals surface area contributed by atoms with Crippen molar-refractivity contribution in [2.45, 2.75) is 13.0 Å². The van der Waals surface area contributed by atoms with E-state index in [-0.39, 0.29) is 17.5 Å². The molecule has 0 saturated carbocycles. The molecule has 4 nitrogen and oxygen atoms in total. The Balaban J connectivity index is 2.18. The molecule has 0 bridgehead atoms. The standard InChI is InChI=1S/C15H14Cl2N2O2/c1-9(12-4-3-11(16)8-13(12)17)18-15(21)10-5-6-19(2)14(20)7-10/h3-9H,1-2H3,(H,18,21). The molecule has 2 aromatic rings. The molecule has 1 N–H and O–H groups in total. The molecule has 1 atom stereocenters. The van der Waals surface area contributed by atoms with Gasteiger partial charge in [0.25, 0.3) is 11.5 Å². The molecule has 6 heteroatoms. The van der Waals surface area contributed by atoms with Crippen LogP contribution < -0.4 is 10.9 Å². The van der Waals surface area contributed by atoms with Crippen LogP contribution in [0.4, 0.5) is 0 Å². The summed E-state index contributed by atoms with van der Waals surface area (Å²) in [5.74, 6) is -0.328. The van der Waals surface area contributed by atoms with Gasteiger partial charge in [0, 0.05) is 34.9 Å². The molecule has 1 aromatic heterocycles. The van der Waals surface area contributed by atoms with Gasteiger partial charge in [0.1, 0.15) is 0 Å². The maximum atomic E-state index is 12.1. The molecule has 0 aliphatic rings. The summed E-state index contributed by atoms with van der Waals surface area (Å²) in [6.45, 7) is 1.81. The van der Waals surface area contributed by atoms with Crippen LogP contribution in [0.2, 0.25) is 10.0 Å². The van der Waals surface area contributed by atoms with Crippen LogP contribution in [-0.4, -0.2) is 10.5 Å². The third-order valence-corrected chi connectivity index (χ3v) is 3.71. The highest BCUT2D eigenvalue weighted by atomic mass is 35.5. The summed E-state index contributed by atoms with van der Waals surface area (Å²) < 4.78 is 1.40. The van der Waals surface area contributed by atoms with Crippen molar-refractivity contribution in [3.8, 4) is 0 Å². The molecule has 1 amide bonds. The number of aryl methyl sites for hydroxylation is 1. The zero-order valence-corrected chi connectivity index (χ0v) is 13.1. The van der Waals surface area contributed by atoms with Crippen molar-refractivity contribution in [3.05, 3.63) is 68.1 Å². The van der Waals surface area contributed by atoms with Gasteiger partial charge in [-0.25, -0.2) is 0 Å². The molecule has 1 aromatic carbocycles. The van der Waals surface area contributed by atoms with Crippen LogP contribution in [0.3, 0.4) is 0 Å². The number of hydrogen-bond acceptors (Lipinski definition) is 2. The summed E-state index contributed by atoms with van der Waals surface area (Å²) in [6, 6.07) is 7.69. The van der Waals surface area contributed by atoms with Gasteiger partial charge in [-0.05, 0) is 30.7 Å². The van der Waals surface area contributed by atoms with Gasteiger partial charge in [0.2, 0.25) is 0 Å². The second-order valence-corrected chi connectivity index (χ2v) is 5.57. The zero-order chi connectivity index (χ0) is 15.6. The Bertz CT molecular complexity index is 741. The smallest absolute Gasteiger partial charge is 0.252 e. The number of nitrogens with zero attached hydrogens (tertiary/aromatic N) is 1. The van der Waals surface area contributed by atoms with E-state index in [1.54, 1.807) is 37.5 Å². The van der Waals surface area contributed by atoms with E-state index >= 15 is 0 Å². The molecule has 0 fully saturated rings. The molecule has 1 heterocycles. The highest BCUT2D eigenvalue weighted by molar-refractivity contribution is 6.35. The number of hydrogen-bond donors (Lipinski definition) is 1. The Hall–Kier alpha value is -1.78. The monoisotopic (exact) mass is 324 g/mol. The first kappa shape index (κ1) is 15.6. The van der Waals surface area contributed by atoms with Crippen LogP contribution in [0.25, 0.3) is 0 Å². The van der Waals surface area contributed by atoms with Gasteiger partial charge in [0.05, 0.1) is 6.04 Å². The number of halogens is 2. The molecular formula is C15H14Cl2N2O2. The van der Waals surface area contributed by atoms with Crippen molar-refractivity contribution in [2.24, 2.45) is 7.05 Å². The molecule has 0 saturated heterocycles. The SMILES string of the molecule is CC(NC(=O)c1ccn(C)c(=O)c1)c1ccc(Cl)cc1Cl. The van der Waals surface area contributed by atoms with Crippen molar-refractivity contribution in [1.29, 1.82) is 0 Å². The van der Waals surface area contributed by atoms with Crippen LogP contribution in [0.1, 0.15) is 28.9 Å². The molecule has 1 unspecified atom stereocenters. The average Bonchev–Trinajstić information content (AvgIpc) is 2.41. The van der Waals surface area contributed by atoms with Crippen LogP contribution >= 0.6 is 23.2 Å². The number of carbonyl (C=O) groups excluding carboxylic acids is 1. The van der Waals surface area contributed by atoms with Crippen molar-refractivity contribution < 1.29 is 4.79 Å². The molecular weight excluding hydrogens is 311 g/mol. The molecule has 110 valence electrons. The number of carbonyl (C=O) groups is 1. The summed E-state index contributed by atoms with van der Waals surface area (Å²) in [4.78, 5) is 23.7. The fourth-order valence-electron chi connectivity index (χ4n) is 1.90. The van der Waals surface area contributed by atoms with Crippen LogP contribution in [0.15, 0.2) is 41.3 Å². The zero-order valence-electron chi connectivity index (χ0n) is 11.6. The quantitative estimate of drug-likeness (QED) is 0.942. The van der Waals surface area contributed by atoms with Crippen molar-refractivity contribution in [2.75, 3.05) is 0 Å². The summed E-state index contributed by atoms with van der Waals surface area (Å²) in [5, 5.41) is 3.83. The fraction of sp³-hybridized carbons (Fsp3) is 0.200. The lowest BCUT2D eigenvalue weighted by Gasteiger charge is -2.16. The maximum absolute atomic E-state index is 12.1. The lowest BCUT2D eigenvalue weighted by molar-refractivity contribution is 0.0939. The van der Waals surface area contributed by atoms with E-state index in [4.69, 9.17) is 23.2 Å². The first-order valence-electron chi connectivity index (χ1n) is 6.31. The molecule has 2 rings (SSSR count). The van der Waals surface area contributed by atoms with E-state index in [2.05, 4.69) is 5.32 Å². The van der Waals surface area contributed by atoms with E-state index in [9.17, 15) is 9.59 Å². The number of benzene rings is 1. The molecule has 0 aliphatic heterocycles. The van der Waals surface area contributed by atoms with Crippen LogP contribution in [0, 0.1) is 0 Å². The Morgan fingerprint density at radius 2 is 1.95 bits per heavy atom. The van der Waals surface area contributed by atoms with Crippen molar-refractivity contribution in [1.82, 2.24) is 9.88 Å². The van der Waals surface area contributed by atoms with E-state index < -0.39 is 0 Å². The summed E-state index contributed by atoms with van der Waals surface area (Å²) in [7, 11) is 1.63. The lowest BCUT2D eigenvalue weighted by Crippen LogP contribution is -2.28. The number of nitrogens with one attached hydrogen (secondary N) is 1. The van der Waals surface area contributed by atoms with Gasteiger partial charge in [-0.1, -0.05) is 29.3 Å². The van der Waals surface area contributed by atoms with Crippen LogP contribution in [0.5, 0.6) is 0 Å². The third-order valence-electron chi connectivity index (χ3n) is 3.14. The second kappa shape index (κ2) is 6.33. The van der Waals surface area contributed by atoms with Gasteiger partial charge >= 0.3 is 0 Å². The van der Waals surface area contributed by atoms with Crippen molar-refractivity contribution >= 4 is 29.1 Å². The predicted octanol–water partition coefficient (Wildman–Crippen LogP) is 3.18. The molecule has 0 aliphatic carbocycles. The minimum absolute atomic E-state index is 0.236. The number of aromatic nitrogens is 1. The Morgan fingerprint density at radius 1 is 1.24 bits per heavy atom. The van der Waals surface area contributed by atoms with E-state index in [1.807, 2.05) is 6.92 Å². The predicted molar refractivity (Wildman–Crippen MR) is 84.0 cm³/mol. The fourth-order valence-corrected chi connectivity index (χ4v) is 2.47. The normalized spacial score (nSPS) is 12.0. The maximum Gasteiger partial charge on any atom is 0.252 e. The van der Waals surface area contributed by atoms with Crippen LogP contribution in [-0.2, 0) is 7.05 Å². The molecule has 21 heavy (non-hydrogen) atoms. The average molecular weight is 325 g/mol. The Kier molecular flexibility index (Phi) is 4.70. The van der Waals surface area contributed by atoms with Gasteiger partial charge < -0.3 is 9.88 Å². The molecule has 0 spiro atoms. The van der Waals surface area contributed by atoms with Crippen molar-refractivity contribution in [3.63, 3.8) is 0 Å². The second-order valence-electron chi connectivity index (χ2n) is 4.73. The number of rotatable bonds is 3. The van der Waals surface area contributed by atoms with E-state index in [0.717, 1.165) is 5.56 Å². The summed E-state index contributed by atoms with van der Waals surface area (Å²) in [6.07, 6.45) is 1.55. The van der Waals surface area contributed by atoms with Gasteiger partial charge in [-0.15, -0.1) is 0 Å². The first-order chi connectivity index (χ1) is 9.88. The Morgan fingerprint density at radius 3 is 2.57 bits per heavy atom. The highest BCUT2D eigenvalue weighted by Gasteiger charge is 2.14. The minimum atomic E-state index is -0.328. The summed E-state index contributed by atoms with van der Waals surface area (Å²) in [5.41, 5.74) is 0.841. The minimum Gasteiger partial charge on any atom is -0.345 e. The van der Waals surface area contributed by atoms with Gasteiger partial charge in [-0.3, -0.25) is 9.59 Å². The van der Waals surface area contributed by atoms with Gasteiger partial charge in [-0.2, -0.15) is 0 Å². The summed E-state index contributed by atoms with van der Waals surface area (Å²) >= 11 is 12.0. The topological polar surface area (TPSA) is 51.1 Å². The highest BCUT2D eigenvalue weighted by Crippen LogP contribution is 2.26. The number of pyridine rings is 1. The number of amides is 1. The first-order valence-corrected chi connectivity index (χ1v) is 7.06. The Labute approximate surface area is 132 Å². The lowest BCUT2D eigenvalue weighted by atomic mass is 10.1. The van der Waals surface area contributed by atoms with E-state index in [1.165, 1.54) is 10.6 Å². The third kappa shape index (κ3) is 3.65. The van der Waals surface area contributed by atoms with E-state index in [0.29, 0.717) is 15.6 Å². The largest absolute Gasteiger partial charge is 0.345 e.